The van der Waals surface area contributed by atoms with E-state index in [1.54, 1.807) is 12.1 Å². The third-order valence-corrected chi connectivity index (χ3v) is 2.83. The molecule has 0 unspecified atom stereocenters. The summed E-state index contributed by atoms with van der Waals surface area (Å²) < 4.78 is 13.0. The monoisotopic (exact) mass is 260 g/mol. The zero-order valence-corrected chi connectivity index (χ0v) is 10.7. The minimum Gasteiger partial charge on any atom is -0.389 e. The first-order valence-corrected chi connectivity index (χ1v) is 5.90. The Labute approximate surface area is 111 Å². The fraction of sp³-hybridized carbons (Fsp3) is 0.0714. The maximum atomic E-state index is 13.0. The van der Waals surface area contributed by atoms with Crippen molar-refractivity contribution < 1.29 is 4.39 Å². The average molecular weight is 260 g/mol. The first-order chi connectivity index (χ1) is 8.56. The Kier molecular flexibility index (Phi) is 3.58. The van der Waals surface area contributed by atoms with Crippen molar-refractivity contribution >= 4 is 28.6 Å². The topological polar surface area (TPSA) is 38.0 Å². The van der Waals surface area contributed by atoms with E-state index in [1.165, 1.54) is 12.1 Å². The van der Waals surface area contributed by atoms with Crippen LogP contribution in [0.2, 0.25) is 0 Å². The van der Waals surface area contributed by atoms with E-state index in [4.69, 9.17) is 18.0 Å². The number of rotatable bonds is 3. The standard InChI is InChI=1S/C14H13FN2S/c1-9-7-12(5-6-13(9)14(16)18)17-11-4-2-3-10(15)8-11/h2-8,17H,1H3,(H2,16,18). The molecule has 0 aromatic heterocycles. The van der Waals surface area contributed by atoms with E-state index < -0.39 is 0 Å². The number of benzene rings is 2. The van der Waals surface area contributed by atoms with Gasteiger partial charge in [0.25, 0.3) is 0 Å². The Morgan fingerprint density at radius 3 is 2.50 bits per heavy atom. The molecule has 0 saturated heterocycles. The molecule has 0 aliphatic heterocycles. The highest BCUT2D eigenvalue weighted by atomic mass is 32.1. The van der Waals surface area contributed by atoms with Gasteiger partial charge in [0.15, 0.2) is 0 Å². The molecule has 2 rings (SSSR count). The fourth-order valence-electron chi connectivity index (χ4n) is 1.75. The first-order valence-electron chi connectivity index (χ1n) is 5.49. The summed E-state index contributed by atoms with van der Waals surface area (Å²) in [5.74, 6) is -0.267. The second-order valence-electron chi connectivity index (χ2n) is 4.03. The molecule has 2 aromatic rings. The summed E-state index contributed by atoms with van der Waals surface area (Å²) in [5.41, 5.74) is 9.02. The largest absolute Gasteiger partial charge is 0.389 e. The lowest BCUT2D eigenvalue weighted by Crippen LogP contribution is -2.11. The van der Waals surface area contributed by atoms with Gasteiger partial charge in [-0.05, 0) is 48.9 Å². The van der Waals surface area contributed by atoms with Crippen molar-refractivity contribution in [1.29, 1.82) is 0 Å². The van der Waals surface area contributed by atoms with E-state index in [0.29, 0.717) is 10.7 Å². The minimum absolute atomic E-state index is 0.267. The second-order valence-corrected chi connectivity index (χ2v) is 4.47. The van der Waals surface area contributed by atoms with E-state index in [2.05, 4.69) is 5.32 Å². The van der Waals surface area contributed by atoms with E-state index in [1.807, 2.05) is 25.1 Å². The van der Waals surface area contributed by atoms with Crippen LogP contribution in [0.25, 0.3) is 0 Å². The molecule has 4 heteroatoms. The van der Waals surface area contributed by atoms with Crippen LogP contribution in [0.3, 0.4) is 0 Å². The van der Waals surface area contributed by atoms with Crippen LogP contribution in [0.4, 0.5) is 15.8 Å². The van der Waals surface area contributed by atoms with Crippen molar-refractivity contribution in [3.8, 4) is 0 Å². The predicted molar refractivity (Wildman–Crippen MR) is 76.7 cm³/mol. The molecule has 0 aliphatic rings. The van der Waals surface area contributed by atoms with Crippen LogP contribution in [-0.2, 0) is 0 Å². The summed E-state index contributed by atoms with van der Waals surface area (Å²) in [5, 5.41) is 3.13. The van der Waals surface area contributed by atoms with Crippen LogP contribution < -0.4 is 11.1 Å². The number of aryl methyl sites for hydroxylation is 1. The van der Waals surface area contributed by atoms with Gasteiger partial charge in [-0.15, -0.1) is 0 Å². The summed E-state index contributed by atoms with van der Waals surface area (Å²) in [6.45, 7) is 1.94. The van der Waals surface area contributed by atoms with Gasteiger partial charge in [-0.25, -0.2) is 4.39 Å². The SMILES string of the molecule is Cc1cc(Nc2cccc(F)c2)ccc1C(N)=S. The molecule has 0 radical (unpaired) electrons. The Morgan fingerprint density at radius 1 is 1.17 bits per heavy atom. The van der Waals surface area contributed by atoms with Crippen LogP contribution in [0.15, 0.2) is 42.5 Å². The summed E-state index contributed by atoms with van der Waals surface area (Å²) in [4.78, 5) is 0.379. The molecular weight excluding hydrogens is 247 g/mol. The number of thiocarbonyl (C=S) groups is 1. The highest BCUT2D eigenvalue weighted by Crippen LogP contribution is 2.20. The molecule has 0 saturated carbocycles. The van der Waals surface area contributed by atoms with E-state index in [9.17, 15) is 4.39 Å². The summed E-state index contributed by atoms with van der Waals surface area (Å²) in [6.07, 6.45) is 0. The molecular formula is C14H13FN2S. The van der Waals surface area contributed by atoms with Crippen LogP contribution in [0.5, 0.6) is 0 Å². The zero-order valence-electron chi connectivity index (χ0n) is 9.91. The van der Waals surface area contributed by atoms with Crippen LogP contribution in [-0.4, -0.2) is 4.99 Å². The summed E-state index contributed by atoms with van der Waals surface area (Å²) in [7, 11) is 0. The molecule has 92 valence electrons. The van der Waals surface area contributed by atoms with Gasteiger partial charge in [-0.2, -0.15) is 0 Å². The van der Waals surface area contributed by atoms with Crippen LogP contribution in [0, 0.1) is 12.7 Å². The van der Waals surface area contributed by atoms with Crippen molar-refractivity contribution in [2.75, 3.05) is 5.32 Å². The highest BCUT2D eigenvalue weighted by Gasteiger charge is 2.03. The van der Waals surface area contributed by atoms with Crippen molar-refractivity contribution in [2.24, 2.45) is 5.73 Å². The average Bonchev–Trinajstić information content (AvgIpc) is 2.28. The van der Waals surface area contributed by atoms with Crippen molar-refractivity contribution in [2.45, 2.75) is 6.92 Å². The van der Waals surface area contributed by atoms with Gasteiger partial charge in [0, 0.05) is 16.9 Å². The normalized spacial score (nSPS) is 10.1. The Morgan fingerprint density at radius 2 is 1.89 bits per heavy atom. The van der Waals surface area contributed by atoms with Gasteiger partial charge in [0.2, 0.25) is 0 Å². The fourth-order valence-corrected chi connectivity index (χ4v) is 1.98. The number of hydrogen-bond acceptors (Lipinski definition) is 2. The molecule has 0 fully saturated rings. The third-order valence-electron chi connectivity index (χ3n) is 2.61. The van der Waals surface area contributed by atoms with E-state index in [-0.39, 0.29) is 5.82 Å². The molecule has 0 aliphatic carbocycles. The quantitative estimate of drug-likeness (QED) is 0.829. The lowest BCUT2D eigenvalue weighted by Gasteiger charge is -2.10. The molecule has 0 heterocycles. The minimum atomic E-state index is -0.267. The summed E-state index contributed by atoms with van der Waals surface area (Å²) in [6, 6.07) is 12.0. The lowest BCUT2D eigenvalue weighted by atomic mass is 10.1. The number of nitrogens with one attached hydrogen (secondary N) is 1. The Hall–Kier alpha value is -1.94. The maximum absolute atomic E-state index is 13.0. The van der Waals surface area contributed by atoms with Gasteiger partial charge in [0.1, 0.15) is 10.8 Å². The Balaban J connectivity index is 2.25. The van der Waals surface area contributed by atoms with Gasteiger partial charge in [-0.1, -0.05) is 18.3 Å². The number of anilines is 2. The molecule has 2 aromatic carbocycles. The van der Waals surface area contributed by atoms with Gasteiger partial charge in [-0.3, -0.25) is 0 Å². The number of hydrogen-bond donors (Lipinski definition) is 2. The van der Waals surface area contributed by atoms with Gasteiger partial charge in [0.05, 0.1) is 0 Å². The molecule has 0 amide bonds. The molecule has 0 spiro atoms. The third kappa shape index (κ3) is 2.84. The second kappa shape index (κ2) is 5.14. The van der Waals surface area contributed by atoms with E-state index >= 15 is 0 Å². The zero-order chi connectivity index (χ0) is 13.1. The van der Waals surface area contributed by atoms with Crippen molar-refractivity contribution in [3.05, 3.63) is 59.4 Å². The maximum Gasteiger partial charge on any atom is 0.125 e. The lowest BCUT2D eigenvalue weighted by molar-refractivity contribution is 0.628. The molecule has 0 bridgehead atoms. The molecule has 3 N–H and O–H groups in total. The van der Waals surface area contributed by atoms with Gasteiger partial charge < -0.3 is 11.1 Å². The molecule has 0 atom stereocenters. The highest BCUT2D eigenvalue weighted by molar-refractivity contribution is 7.80. The predicted octanol–water partition coefficient (Wildman–Crippen LogP) is 3.51. The smallest absolute Gasteiger partial charge is 0.125 e. The van der Waals surface area contributed by atoms with Gasteiger partial charge >= 0.3 is 0 Å². The first kappa shape index (κ1) is 12.5. The Bertz CT molecular complexity index is 596. The number of halogens is 1. The van der Waals surface area contributed by atoms with Crippen molar-refractivity contribution in [1.82, 2.24) is 0 Å². The summed E-state index contributed by atoms with van der Waals surface area (Å²) >= 11 is 4.95. The number of nitrogens with two attached hydrogens (primary N) is 1. The van der Waals surface area contributed by atoms with Crippen molar-refractivity contribution in [3.63, 3.8) is 0 Å². The molecule has 18 heavy (non-hydrogen) atoms. The van der Waals surface area contributed by atoms with E-state index in [0.717, 1.165) is 16.8 Å². The molecule has 2 nitrogen and oxygen atoms in total. The van der Waals surface area contributed by atoms with Crippen LogP contribution in [0.1, 0.15) is 11.1 Å². The van der Waals surface area contributed by atoms with Crippen LogP contribution >= 0.6 is 12.2 Å².